The third-order valence-corrected chi connectivity index (χ3v) is 14.8. The molecular weight excluding hydrogens is 919 g/mol. The topological polar surface area (TPSA) is 128 Å². The maximum atomic E-state index is 15.3. The fourth-order valence-electron chi connectivity index (χ4n) is 9.98. The Labute approximate surface area is 403 Å². The summed E-state index contributed by atoms with van der Waals surface area (Å²) in [5, 5.41) is 0. The summed E-state index contributed by atoms with van der Waals surface area (Å²) in [5.41, 5.74) is 1.87. The molecular formula is C54H52O13P2. The number of benzene rings is 6. The first-order valence-electron chi connectivity index (χ1n) is 22.9. The lowest BCUT2D eigenvalue weighted by atomic mass is 9.84. The van der Waals surface area contributed by atoms with Gasteiger partial charge in [0.1, 0.15) is 45.4 Å². The summed E-state index contributed by atoms with van der Waals surface area (Å²) in [4.78, 5) is 15.3. The van der Waals surface area contributed by atoms with Gasteiger partial charge in [0.2, 0.25) is 5.78 Å². The largest absolute Gasteiger partial charge is 0.530 e. The van der Waals surface area contributed by atoms with E-state index in [-0.39, 0.29) is 22.6 Å². The van der Waals surface area contributed by atoms with E-state index >= 15 is 4.79 Å². The lowest BCUT2D eigenvalue weighted by Gasteiger charge is -2.34. The van der Waals surface area contributed by atoms with Crippen LogP contribution >= 0.6 is 17.2 Å². The van der Waals surface area contributed by atoms with Crippen LogP contribution in [0.25, 0.3) is 0 Å². The van der Waals surface area contributed by atoms with Gasteiger partial charge in [-0.05, 0) is 90.1 Å². The zero-order chi connectivity index (χ0) is 47.9. The number of rotatable bonds is 6. The number of para-hydroxylation sites is 4. The number of fused-ring (bicyclic) bond motifs is 6. The molecule has 0 fully saturated rings. The highest BCUT2D eigenvalue weighted by atomic mass is 31.2. The van der Waals surface area contributed by atoms with Crippen LogP contribution in [0.4, 0.5) is 0 Å². The molecule has 356 valence electrons. The molecule has 0 amide bonds. The van der Waals surface area contributed by atoms with Crippen LogP contribution in [0.1, 0.15) is 86.1 Å². The quantitative estimate of drug-likeness (QED) is 0.147. The SMILES string of the molecule is COc1ccc2c(c1)OP(Oc1cccc3c1OC(C)(C)C3)Oc1cccc3c1OC(C)(C3)CC1(C)Cc3cccc(c3O1)OP(Oc1cccc3c1OC(C)(C)C3)Oc1cc(OC)ccc1C2=O. The maximum Gasteiger partial charge on any atom is 0.530 e. The number of methoxy groups -OCH3 is 2. The third-order valence-electron chi connectivity index (χ3n) is 12.7. The van der Waals surface area contributed by atoms with Crippen LogP contribution in [0.2, 0.25) is 0 Å². The Morgan fingerprint density at radius 2 is 0.841 bits per heavy atom. The lowest BCUT2D eigenvalue weighted by Crippen LogP contribution is -2.43. The predicted octanol–water partition coefficient (Wildman–Crippen LogP) is 12.7. The van der Waals surface area contributed by atoms with E-state index in [1.165, 1.54) is 0 Å². The molecule has 4 atom stereocenters. The van der Waals surface area contributed by atoms with Crippen molar-refractivity contribution in [3.05, 3.63) is 143 Å². The molecule has 11 rings (SSSR count). The molecule has 0 saturated heterocycles. The molecule has 5 heterocycles. The van der Waals surface area contributed by atoms with E-state index in [0.29, 0.717) is 89.6 Å². The van der Waals surface area contributed by atoms with Crippen LogP contribution in [0.5, 0.6) is 69.0 Å². The van der Waals surface area contributed by atoms with Gasteiger partial charge in [0, 0.05) is 66.5 Å². The highest BCUT2D eigenvalue weighted by Crippen LogP contribution is 2.57. The number of ether oxygens (including phenoxy) is 6. The Kier molecular flexibility index (Phi) is 11.0. The van der Waals surface area contributed by atoms with Crippen molar-refractivity contribution in [1.29, 1.82) is 0 Å². The van der Waals surface area contributed by atoms with Crippen molar-refractivity contribution in [3.63, 3.8) is 0 Å². The zero-order valence-corrected chi connectivity index (χ0v) is 41.4. The van der Waals surface area contributed by atoms with Gasteiger partial charge in [-0.25, -0.2) is 0 Å². The average Bonchev–Trinajstić information content (AvgIpc) is 4.03. The van der Waals surface area contributed by atoms with Gasteiger partial charge in [0.05, 0.1) is 25.3 Å². The standard InChI is InChI=1S/C54H52O13P2/c1-51(2)27-32-13-9-17-40(47(32)58-51)62-68-64-42-19-11-15-34-29-53(5,60-49(34)42)31-54(6)30-35-16-12-20-43(50(35)61-54)65-69(63-41-18-10-14-33-28-52(3,4)59-48(33)41)67-45-26-37(57-8)22-24-39(45)46(55)38-23-21-36(56-7)25-44(38)66-68/h9-26H,27-31H2,1-8H3. The van der Waals surface area contributed by atoms with Gasteiger partial charge in [-0.1, -0.05) is 48.5 Å². The molecule has 0 aliphatic carbocycles. The molecule has 6 aromatic carbocycles. The van der Waals surface area contributed by atoms with Crippen LogP contribution < -0.4 is 55.6 Å². The van der Waals surface area contributed by atoms with E-state index in [1.807, 2.05) is 100 Å². The fourth-order valence-corrected chi connectivity index (χ4v) is 12.0. The van der Waals surface area contributed by atoms with Crippen molar-refractivity contribution in [2.75, 3.05) is 14.2 Å². The summed E-state index contributed by atoms with van der Waals surface area (Å²) >= 11 is 0. The van der Waals surface area contributed by atoms with Crippen molar-refractivity contribution in [3.8, 4) is 69.0 Å². The molecule has 0 spiro atoms. The first-order valence-corrected chi connectivity index (χ1v) is 25.1. The van der Waals surface area contributed by atoms with Crippen molar-refractivity contribution < 1.29 is 60.4 Å². The monoisotopic (exact) mass is 970 g/mol. The summed E-state index contributed by atoms with van der Waals surface area (Å²) in [6, 6.07) is 33.0. The summed E-state index contributed by atoms with van der Waals surface area (Å²) in [6.07, 6.45) is 3.05. The van der Waals surface area contributed by atoms with Gasteiger partial charge in [-0.2, -0.15) is 0 Å². The molecule has 15 heteroatoms. The molecule has 0 radical (unpaired) electrons. The van der Waals surface area contributed by atoms with Crippen LogP contribution in [0.3, 0.4) is 0 Å². The van der Waals surface area contributed by atoms with Crippen LogP contribution in [-0.4, -0.2) is 42.4 Å². The minimum absolute atomic E-state index is 0.128. The van der Waals surface area contributed by atoms with Crippen LogP contribution in [0.15, 0.2) is 109 Å². The summed E-state index contributed by atoms with van der Waals surface area (Å²) in [7, 11) is -1.71. The molecule has 6 aromatic rings. The average molecular weight is 971 g/mol. The highest BCUT2D eigenvalue weighted by molar-refractivity contribution is 7.43. The molecule has 13 nitrogen and oxygen atoms in total. The van der Waals surface area contributed by atoms with Crippen molar-refractivity contribution in [1.82, 2.24) is 0 Å². The number of carbonyl (C=O) groups is 1. The van der Waals surface area contributed by atoms with Crippen LogP contribution in [0, 0.1) is 0 Å². The van der Waals surface area contributed by atoms with E-state index in [4.69, 9.17) is 55.6 Å². The molecule has 5 aliphatic rings. The van der Waals surface area contributed by atoms with E-state index < -0.39 is 45.4 Å². The Morgan fingerprint density at radius 3 is 1.26 bits per heavy atom. The van der Waals surface area contributed by atoms with Crippen molar-refractivity contribution >= 4 is 23.0 Å². The highest BCUT2D eigenvalue weighted by Gasteiger charge is 2.48. The minimum atomic E-state index is -2.40. The zero-order valence-electron chi connectivity index (χ0n) is 39.6. The lowest BCUT2D eigenvalue weighted by molar-refractivity contribution is 0.00701. The van der Waals surface area contributed by atoms with E-state index in [0.717, 1.165) is 22.3 Å². The second-order valence-electron chi connectivity index (χ2n) is 19.7. The second kappa shape index (κ2) is 16.8. The van der Waals surface area contributed by atoms with Gasteiger partial charge in [-0.15, -0.1) is 0 Å². The van der Waals surface area contributed by atoms with Gasteiger partial charge in [-0.3, -0.25) is 4.79 Å². The molecule has 0 saturated carbocycles. The van der Waals surface area contributed by atoms with Gasteiger partial charge >= 0.3 is 17.2 Å². The second-order valence-corrected chi connectivity index (χ2v) is 21.7. The number of ketones is 1. The fraction of sp³-hybridized carbons (Fsp3) is 0.315. The maximum absolute atomic E-state index is 15.3. The summed E-state index contributed by atoms with van der Waals surface area (Å²) < 4.78 is 78.9. The molecule has 4 unspecified atom stereocenters. The summed E-state index contributed by atoms with van der Waals surface area (Å²) in [5.74, 6) is 4.67. The first-order chi connectivity index (χ1) is 33.0. The molecule has 5 aliphatic heterocycles. The molecule has 0 aromatic heterocycles. The third kappa shape index (κ3) is 8.76. The number of hydrogen-bond donors (Lipinski definition) is 0. The van der Waals surface area contributed by atoms with Gasteiger partial charge in [0.15, 0.2) is 46.0 Å². The smallest absolute Gasteiger partial charge is 0.497 e. The Balaban J connectivity index is 1.05. The van der Waals surface area contributed by atoms with E-state index in [2.05, 4.69) is 13.8 Å². The number of hydrogen-bond acceptors (Lipinski definition) is 13. The Hall–Kier alpha value is -6.55. The van der Waals surface area contributed by atoms with Crippen LogP contribution in [-0.2, 0) is 25.7 Å². The van der Waals surface area contributed by atoms with Gasteiger partial charge < -0.3 is 55.6 Å². The van der Waals surface area contributed by atoms with Crippen molar-refractivity contribution in [2.45, 2.75) is 96.1 Å². The predicted molar refractivity (Wildman–Crippen MR) is 260 cm³/mol. The van der Waals surface area contributed by atoms with Crippen molar-refractivity contribution in [2.24, 2.45) is 0 Å². The molecule has 69 heavy (non-hydrogen) atoms. The Bertz CT molecular complexity index is 2830. The molecule has 4 bridgehead atoms. The number of carbonyl (C=O) groups excluding carboxylic acids is 1. The Morgan fingerprint density at radius 1 is 0.449 bits per heavy atom. The van der Waals surface area contributed by atoms with E-state index in [9.17, 15) is 0 Å². The van der Waals surface area contributed by atoms with Gasteiger partial charge in [0.25, 0.3) is 0 Å². The minimum Gasteiger partial charge on any atom is -0.497 e. The molecule has 0 N–H and O–H groups in total. The van der Waals surface area contributed by atoms with E-state index in [1.54, 1.807) is 50.6 Å². The first kappa shape index (κ1) is 44.9. The normalized spacial score (nSPS) is 23.2. The summed E-state index contributed by atoms with van der Waals surface area (Å²) in [6.45, 7) is 12.3.